The van der Waals surface area contributed by atoms with Crippen molar-refractivity contribution in [3.63, 3.8) is 0 Å². The lowest BCUT2D eigenvalue weighted by molar-refractivity contribution is 1.07. The minimum Gasteiger partial charge on any atom is -0.309 e. The molecule has 0 spiro atoms. The first kappa shape index (κ1) is 35.6. The molecule has 9 aromatic carbocycles. The Bertz CT molecular complexity index is 3830. The number of hydrogen-bond donors (Lipinski definition) is 0. The van der Waals surface area contributed by atoms with Crippen molar-refractivity contribution in [2.75, 3.05) is 0 Å². The maximum atomic E-state index is 5.10. The molecule has 0 bridgehead atoms. The van der Waals surface area contributed by atoms with E-state index in [0.29, 0.717) is 17.5 Å². The highest BCUT2D eigenvalue weighted by atomic mass is 32.1. The van der Waals surface area contributed by atoms with Crippen LogP contribution in [0.25, 0.3) is 120 Å². The number of benzene rings is 9. The van der Waals surface area contributed by atoms with Crippen molar-refractivity contribution in [3.8, 4) is 56.7 Å². The molecule has 13 rings (SSSR count). The third-order valence-electron chi connectivity index (χ3n) is 12.4. The Hall–Kier alpha value is -8.19. The third kappa shape index (κ3) is 5.66. The van der Waals surface area contributed by atoms with Gasteiger partial charge in [-0.05, 0) is 71.8 Å². The molecule has 0 aliphatic heterocycles. The maximum Gasteiger partial charge on any atom is 0.164 e. The molecular formula is C57H35N5S. The molecule has 6 heteroatoms. The Morgan fingerprint density at radius 1 is 0.333 bits per heavy atom. The lowest BCUT2D eigenvalue weighted by atomic mass is 10.0. The van der Waals surface area contributed by atoms with E-state index >= 15 is 0 Å². The minimum atomic E-state index is 0.639. The Morgan fingerprint density at radius 2 is 0.857 bits per heavy atom. The molecule has 0 unspecified atom stereocenters. The highest BCUT2D eigenvalue weighted by Crippen LogP contribution is 2.46. The number of thiophene rings is 1. The molecule has 63 heavy (non-hydrogen) atoms. The highest BCUT2D eigenvalue weighted by molar-refractivity contribution is 7.26. The molecule has 0 aliphatic carbocycles. The number of nitrogens with zero attached hydrogens (tertiary/aromatic N) is 5. The fraction of sp³-hybridized carbons (Fsp3) is 0. The summed E-state index contributed by atoms with van der Waals surface area (Å²) >= 11 is 1.87. The van der Waals surface area contributed by atoms with E-state index in [2.05, 4.69) is 185 Å². The largest absolute Gasteiger partial charge is 0.309 e. The SMILES string of the molecule is c1ccc(-c2ccc3c(c2)c2ccccc2n3-c2cccc3sc4c(ccc5c6cc(-c7nc(-c8ccccc8)nc(-c8ccccc8)n7)ccc6n(-c6ccccc6)c54)c23)cc1. The predicted molar refractivity (Wildman–Crippen MR) is 263 cm³/mol. The molecule has 0 aliphatic rings. The molecule has 0 saturated carbocycles. The van der Waals surface area contributed by atoms with Gasteiger partial charge < -0.3 is 9.13 Å². The fourth-order valence-electron chi connectivity index (χ4n) is 9.51. The summed E-state index contributed by atoms with van der Waals surface area (Å²) in [5.41, 5.74) is 12.3. The van der Waals surface area contributed by atoms with Crippen molar-refractivity contribution in [2.24, 2.45) is 0 Å². The van der Waals surface area contributed by atoms with Crippen LogP contribution in [0.5, 0.6) is 0 Å². The summed E-state index contributed by atoms with van der Waals surface area (Å²) in [6, 6.07) is 75.5. The van der Waals surface area contributed by atoms with Crippen LogP contribution in [-0.4, -0.2) is 24.1 Å². The quantitative estimate of drug-likeness (QED) is 0.168. The zero-order valence-electron chi connectivity index (χ0n) is 33.9. The van der Waals surface area contributed by atoms with Crippen LogP contribution in [-0.2, 0) is 0 Å². The normalized spacial score (nSPS) is 11.8. The van der Waals surface area contributed by atoms with Gasteiger partial charge in [-0.25, -0.2) is 15.0 Å². The smallest absolute Gasteiger partial charge is 0.164 e. The number of para-hydroxylation sites is 2. The van der Waals surface area contributed by atoms with E-state index in [4.69, 9.17) is 15.0 Å². The Morgan fingerprint density at radius 3 is 1.56 bits per heavy atom. The summed E-state index contributed by atoms with van der Waals surface area (Å²) in [6.07, 6.45) is 0. The van der Waals surface area contributed by atoms with Gasteiger partial charge in [0.15, 0.2) is 17.5 Å². The molecule has 0 N–H and O–H groups in total. The second-order valence-electron chi connectivity index (χ2n) is 16.0. The number of aromatic nitrogens is 5. The summed E-state index contributed by atoms with van der Waals surface area (Å²) in [5, 5.41) is 7.31. The lowest BCUT2D eigenvalue weighted by Gasteiger charge is -2.11. The average molecular weight is 822 g/mol. The van der Waals surface area contributed by atoms with Crippen molar-refractivity contribution in [2.45, 2.75) is 0 Å². The van der Waals surface area contributed by atoms with Gasteiger partial charge >= 0.3 is 0 Å². The van der Waals surface area contributed by atoms with E-state index < -0.39 is 0 Å². The van der Waals surface area contributed by atoms with Gasteiger partial charge in [0, 0.05) is 59.4 Å². The minimum absolute atomic E-state index is 0.639. The van der Waals surface area contributed by atoms with E-state index in [1.54, 1.807) is 0 Å². The summed E-state index contributed by atoms with van der Waals surface area (Å²) in [7, 11) is 0. The van der Waals surface area contributed by atoms with Gasteiger partial charge in [0.25, 0.3) is 0 Å². The topological polar surface area (TPSA) is 48.5 Å². The summed E-state index contributed by atoms with van der Waals surface area (Å²) < 4.78 is 7.41. The number of fused-ring (bicyclic) bond motifs is 10. The Kier molecular flexibility index (Phi) is 8.01. The van der Waals surface area contributed by atoms with Gasteiger partial charge in [-0.3, -0.25) is 0 Å². The Balaban J connectivity index is 1.05. The van der Waals surface area contributed by atoms with Crippen molar-refractivity contribution in [1.29, 1.82) is 0 Å². The molecular weight excluding hydrogens is 787 g/mol. The van der Waals surface area contributed by atoms with Crippen molar-refractivity contribution >= 4 is 75.1 Å². The molecule has 4 heterocycles. The van der Waals surface area contributed by atoms with Crippen molar-refractivity contribution in [3.05, 3.63) is 212 Å². The first-order valence-electron chi connectivity index (χ1n) is 21.2. The van der Waals surface area contributed by atoms with E-state index in [1.807, 2.05) is 47.7 Å². The Labute approximate surface area is 366 Å². The van der Waals surface area contributed by atoms with Crippen molar-refractivity contribution in [1.82, 2.24) is 24.1 Å². The summed E-state index contributed by atoms with van der Waals surface area (Å²) in [4.78, 5) is 15.2. The first-order chi connectivity index (χ1) is 31.2. The molecule has 0 radical (unpaired) electrons. The fourth-order valence-corrected chi connectivity index (χ4v) is 10.8. The molecule has 294 valence electrons. The van der Waals surface area contributed by atoms with E-state index in [-0.39, 0.29) is 0 Å². The van der Waals surface area contributed by atoms with Crippen LogP contribution in [0.2, 0.25) is 0 Å². The second kappa shape index (κ2) is 14.2. The van der Waals surface area contributed by atoms with Crippen LogP contribution in [0.1, 0.15) is 0 Å². The molecule has 5 nitrogen and oxygen atoms in total. The highest BCUT2D eigenvalue weighted by Gasteiger charge is 2.22. The zero-order valence-corrected chi connectivity index (χ0v) is 34.7. The number of rotatable bonds is 6. The van der Waals surface area contributed by atoms with Gasteiger partial charge in [0.1, 0.15) is 0 Å². The van der Waals surface area contributed by atoms with Gasteiger partial charge in [-0.1, -0.05) is 152 Å². The molecule has 13 aromatic rings. The molecule has 4 aromatic heterocycles. The van der Waals surface area contributed by atoms with E-state index in [1.165, 1.54) is 69.7 Å². The van der Waals surface area contributed by atoms with Gasteiger partial charge in [-0.2, -0.15) is 0 Å². The van der Waals surface area contributed by atoms with Gasteiger partial charge in [0.05, 0.1) is 32.5 Å². The lowest BCUT2D eigenvalue weighted by Crippen LogP contribution is -2.00. The van der Waals surface area contributed by atoms with Crippen molar-refractivity contribution < 1.29 is 0 Å². The molecule has 0 atom stereocenters. The molecule has 0 saturated heterocycles. The van der Waals surface area contributed by atoms with Crippen LogP contribution in [0.15, 0.2) is 212 Å². The molecule has 0 amide bonds. The maximum absolute atomic E-state index is 5.10. The standard InChI is InChI=1S/C57H35N5S/c1-5-16-36(17-6-1)39-28-32-49-45(34-39)42-24-13-14-25-47(42)62(49)50-26-15-27-51-52(50)44-31-30-43-46-35-40(29-33-48(46)61(53(43)54(44)63-51)41-22-11-4-12-23-41)57-59-55(37-18-7-2-8-19-37)58-56(60-57)38-20-9-3-10-21-38/h1-35H. The van der Waals surface area contributed by atoms with E-state index in [9.17, 15) is 0 Å². The second-order valence-corrected chi connectivity index (χ2v) is 17.0. The zero-order chi connectivity index (χ0) is 41.4. The van der Waals surface area contributed by atoms with Gasteiger partial charge in [-0.15, -0.1) is 11.3 Å². The number of hydrogen-bond acceptors (Lipinski definition) is 4. The monoisotopic (exact) mass is 821 g/mol. The summed E-state index contributed by atoms with van der Waals surface area (Å²) in [5.74, 6) is 1.93. The predicted octanol–water partition coefficient (Wildman–Crippen LogP) is 15.1. The van der Waals surface area contributed by atoms with Crippen LogP contribution in [0, 0.1) is 0 Å². The first-order valence-corrected chi connectivity index (χ1v) is 22.0. The summed E-state index contributed by atoms with van der Waals surface area (Å²) in [6.45, 7) is 0. The van der Waals surface area contributed by atoms with Crippen LogP contribution < -0.4 is 0 Å². The van der Waals surface area contributed by atoms with Crippen LogP contribution >= 0.6 is 11.3 Å². The average Bonchev–Trinajstić information content (AvgIpc) is 4.02. The third-order valence-corrected chi connectivity index (χ3v) is 13.5. The molecule has 0 fully saturated rings. The van der Waals surface area contributed by atoms with Crippen LogP contribution in [0.3, 0.4) is 0 Å². The van der Waals surface area contributed by atoms with E-state index in [0.717, 1.165) is 33.3 Å². The van der Waals surface area contributed by atoms with Crippen LogP contribution in [0.4, 0.5) is 0 Å². The van der Waals surface area contributed by atoms with Gasteiger partial charge in [0.2, 0.25) is 0 Å².